The van der Waals surface area contributed by atoms with Gasteiger partial charge in [0, 0.05) is 0 Å². The summed E-state index contributed by atoms with van der Waals surface area (Å²) in [6, 6.07) is 1.21. The summed E-state index contributed by atoms with van der Waals surface area (Å²) < 4.78 is 46.8. The number of aromatic nitrogens is 1. The number of hydrogen-bond donors (Lipinski definition) is 1. The monoisotopic (exact) mass is 281 g/mol. The summed E-state index contributed by atoms with van der Waals surface area (Å²) in [6.45, 7) is 0. The van der Waals surface area contributed by atoms with Crippen LogP contribution >= 0.6 is 11.6 Å². The number of halogens is 4. The van der Waals surface area contributed by atoms with E-state index < -0.39 is 29.5 Å². The Morgan fingerprint density at radius 2 is 2.11 bits per heavy atom. The van der Waals surface area contributed by atoms with Gasteiger partial charge < -0.3 is 13.9 Å². The molecular formula is C9H3ClF3NO4. The molecule has 0 aromatic carbocycles. The Morgan fingerprint density at radius 1 is 1.44 bits per heavy atom. The maximum Gasteiger partial charge on any atom is 0.437 e. The van der Waals surface area contributed by atoms with Gasteiger partial charge in [0.25, 0.3) is 0 Å². The average Bonchev–Trinajstić information content (AvgIpc) is 2.81. The van der Waals surface area contributed by atoms with Crippen LogP contribution in [0, 0.1) is 0 Å². The lowest BCUT2D eigenvalue weighted by Crippen LogP contribution is -2.11. The Kier molecular flexibility index (Phi) is 2.81. The molecule has 0 fully saturated rings. The topological polar surface area (TPSA) is 76.5 Å². The van der Waals surface area contributed by atoms with E-state index in [2.05, 4.69) is 13.8 Å². The first kappa shape index (κ1) is 12.5. The maximum atomic E-state index is 12.5. The molecule has 0 atom stereocenters. The number of carbonyl (C=O) groups is 1. The van der Waals surface area contributed by atoms with Gasteiger partial charge in [-0.15, -0.1) is 0 Å². The molecule has 96 valence electrons. The third-order valence-corrected chi connectivity index (χ3v) is 2.23. The molecule has 0 saturated carbocycles. The van der Waals surface area contributed by atoms with Crippen LogP contribution in [0.15, 0.2) is 21.2 Å². The van der Waals surface area contributed by atoms with Gasteiger partial charge in [-0.2, -0.15) is 13.2 Å². The Balaban J connectivity index is 2.60. The molecule has 0 radical (unpaired) electrons. The van der Waals surface area contributed by atoms with Crippen molar-refractivity contribution in [3.05, 3.63) is 29.0 Å². The molecule has 0 aliphatic carbocycles. The highest BCUT2D eigenvalue weighted by Gasteiger charge is 2.41. The van der Waals surface area contributed by atoms with Crippen LogP contribution in [0.3, 0.4) is 0 Å². The van der Waals surface area contributed by atoms with E-state index in [0.29, 0.717) is 0 Å². The van der Waals surface area contributed by atoms with Gasteiger partial charge in [-0.1, -0.05) is 0 Å². The second-order valence-electron chi connectivity index (χ2n) is 3.11. The van der Waals surface area contributed by atoms with Crippen molar-refractivity contribution >= 4 is 17.6 Å². The Bertz CT molecular complexity index is 601. The van der Waals surface area contributed by atoms with Crippen molar-refractivity contribution in [1.82, 2.24) is 4.98 Å². The molecule has 2 aromatic heterocycles. The molecule has 0 unspecified atom stereocenters. The van der Waals surface area contributed by atoms with Gasteiger partial charge >= 0.3 is 12.1 Å². The van der Waals surface area contributed by atoms with Crippen LogP contribution < -0.4 is 0 Å². The van der Waals surface area contributed by atoms with Crippen molar-refractivity contribution in [1.29, 1.82) is 0 Å². The Morgan fingerprint density at radius 3 is 2.50 bits per heavy atom. The molecule has 0 saturated heterocycles. The van der Waals surface area contributed by atoms with Crippen LogP contribution in [-0.2, 0) is 6.18 Å². The smallest absolute Gasteiger partial charge is 0.437 e. The van der Waals surface area contributed by atoms with Crippen LogP contribution in [-0.4, -0.2) is 16.1 Å². The summed E-state index contributed by atoms with van der Waals surface area (Å²) >= 11 is 5.53. The normalized spacial score (nSPS) is 11.8. The predicted octanol–water partition coefficient (Wildman–Crippen LogP) is 3.30. The van der Waals surface area contributed by atoms with E-state index in [1.807, 2.05) is 0 Å². The quantitative estimate of drug-likeness (QED) is 0.914. The van der Waals surface area contributed by atoms with Gasteiger partial charge in [-0.25, -0.2) is 9.78 Å². The minimum absolute atomic E-state index is 0.0605. The van der Waals surface area contributed by atoms with Crippen molar-refractivity contribution in [3.8, 4) is 11.5 Å². The van der Waals surface area contributed by atoms with Crippen LogP contribution in [0.2, 0.25) is 5.22 Å². The van der Waals surface area contributed by atoms with Gasteiger partial charge in [-0.3, -0.25) is 0 Å². The number of rotatable bonds is 2. The van der Waals surface area contributed by atoms with E-state index in [0.717, 1.165) is 6.26 Å². The highest BCUT2D eigenvalue weighted by Crippen LogP contribution is 2.36. The van der Waals surface area contributed by atoms with E-state index >= 15 is 0 Å². The third kappa shape index (κ3) is 2.06. The third-order valence-electron chi connectivity index (χ3n) is 1.94. The number of aromatic carboxylic acids is 1. The van der Waals surface area contributed by atoms with Crippen LogP contribution in [0.1, 0.15) is 16.2 Å². The molecule has 0 bridgehead atoms. The molecule has 0 aliphatic heterocycles. The van der Waals surface area contributed by atoms with E-state index in [4.69, 9.17) is 16.7 Å². The van der Waals surface area contributed by atoms with Gasteiger partial charge in [0.05, 0.1) is 11.8 Å². The van der Waals surface area contributed by atoms with Crippen molar-refractivity contribution < 1.29 is 31.9 Å². The fraction of sp³-hybridized carbons (Fsp3) is 0.111. The number of oxazole rings is 1. The molecule has 2 rings (SSSR count). The minimum atomic E-state index is -4.94. The second kappa shape index (κ2) is 4.05. The fourth-order valence-electron chi connectivity index (χ4n) is 1.22. The molecule has 2 aromatic rings. The molecule has 18 heavy (non-hydrogen) atoms. The van der Waals surface area contributed by atoms with Crippen molar-refractivity contribution in [2.24, 2.45) is 0 Å². The molecule has 0 aliphatic rings. The Labute approximate surface area is 102 Å². The zero-order chi connectivity index (χ0) is 13.5. The Hall–Kier alpha value is -1.96. The van der Waals surface area contributed by atoms with Gasteiger partial charge in [0.15, 0.2) is 5.69 Å². The fourth-order valence-corrected chi connectivity index (χ4v) is 1.41. The summed E-state index contributed by atoms with van der Waals surface area (Å²) in [5, 5.41) is 8.37. The number of nitrogens with zero attached hydrogens (tertiary/aromatic N) is 1. The molecular weight excluding hydrogens is 279 g/mol. The van der Waals surface area contributed by atoms with E-state index in [-0.39, 0.29) is 10.8 Å². The van der Waals surface area contributed by atoms with Crippen LogP contribution in [0.5, 0.6) is 0 Å². The summed E-state index contributed by atoms with van der Waals surface area (Å²) in [5.41, 5.74) is -1.68. The largest absolute Gasteiger partial charge is 0.475 e. The number of carboxylic acid groups (broad SMARTS) is 1. The summed E-state index contributed by atoms with van der Waals surface area (Å²) in [5.74, 6) is -3.74. The van der Waals surface area contributed by atoms with E-state index in [1.54, 1.807) is 0 Å². The van der Waals surface area contributed by atoms with E-state index in [1.165, 1.54) is 6.07 Å². The highest BCUT2D eigenvalue weighted by atomic mass is 35.5. The van der Waals surface area contributed by atoms with Gasteiger partial charge in [-0.05, 0) is 17.7 Å². The molecule has 1 N–H and O–H groups in total. The standard InChI is InChI=1S/C9H3ClF3NO4/c10-6-3(1-2-17-6)7-14-5(9(11,12)13)4(18-7)8(15)16/h1-2H,(H,15,16). The lowest BCUT2D eigenvalue weighted by molar-refractivity contribution is -0.141. The molecule has 0 spiro atoms. The first-order chi connectivity index (χ1) is 8.30. The molecule has 5 nitrogen and oxygen atoms in total. The minimum Gasteiger partial charge on any atom is -0.475 e. The number of furan rings is 1. The van der Waals surface area contributed by atoms with Crippen molar-refractivity contribution in [2.45, 2.75) is 6.18 Å². The van der Waals surface area contributed by atoms with Crippen molar-refractivity contribution in [2.75, 3.05) is 0 Å². The van der Waals surface area contributed by atoms with Gasteiger partial charge in [0.1, 0.15) is 0 Å². The molecule has 9 heteroatoms. The number of hydrogen-bond acceptors (Lipinski definition) is 4. The SMILES string of the molecule is O=C(O)c1oc(-c2ccoc2Cl)nc1C(F)(F)F. The molecule has 0 amide bonds. The zero-order valence-electron chi connectivity index (χ0n) is 8.29. The zero-order valence-corrected chi connectivity index (χ0v) is 9.04. The van der Waals surface area contributed by atoms with Crippen molar-refractivity contribution in [3.63, 3.8) is 0 Å². The first-order valence-electron chi connectivity index (χ1n) is 4.35. The lowest BCUT2D eigenvalue weighted by atomic mass is 10.3. The van der Waals surface area contributed by atoms with Gasteiger partial charge in [0.2, 0.25) is 16.9 Å². The molecule has 2 heterocycles. The van der Waals surface area contributed by atoms with E-state index in [9.17, 15) is 18.0 Å². The summed E-state index contributed by atoms with van der Waals surface area (Å²) in [6.07, 6.45) is -3.83. The summed E-state index contributed by atoms with van der Waals surface area (Å²) in [7, 11) is 0. The second-order valence-corrected chi connectivity index (χ2v) is 3.45. The average molecular weight is 282 g/mol. The number of carboxylic acids is 1. The highest BCUT2D eigenvalue weighted by molar-refractivity contribution is 6.31. The summed E-state index contributed by atoms with van der Waals surface area (Å²) in [4.78, 5) is 13.7. The van der Waals surface area contributed by atoms with Crippen LogP contribution in [0.25, 0.3) is 11.5 Å². The first-order valence-corrected chi connectivity index (χ1v) is 4.73. The number of alkyl halides is 3. The maximum absolute atomic E-state index is 12.5. The lowest BCUT2D eigenvalue weighted by Gasteiger charge is -2.00. The van der Waals surface area contributed by atoms with Crippen LogP contribution in [0.4, 0.5) is 13.2 Å². The predicted molar refractivity (Wildman–Crippen MR) is 51.2 cm³/mol.